The minimum Gasteiger partial charge on any atom is -0.340 e. The molecule has 1 atom stereocenters. The van der Waals surface area contributed by atoms with E-state index in [-0.39, 0.29) is 11.5 Å². The minimum atomic E-state index is -0.119. The van der Waals surface area contributed by atoms with E-state index in [1.54, 1.807) is 0 Å². The number of H-pyrrole nitrogens is 1. The van der Waals surface area contributed by atoms with Crippen LogP contribution in [0, 0.1) is 6.92 Å². The Bertz CT molecular complexity index is 571. The van der Waals surface area contributed by atoms with E-state index in [0.717, 1.165) is 25.1 Å². The van der Waals surface area contributed by atoms with Crippen LogP contribution in [0.15, 0.2) is 9.95 Å². The predicted molar refractivity (Wildman–Crippen MR) is 84.7 cm³/mol. The third-order valence-electron chi connectivity index (χ3n) is 4.11. The zero-order valence-electron chi connectivity index (χ0n) is 12.9. The summed E-state index contributed by atoms with van der Waals surface area (Å²) in [5, 5.41) is 0.622. The van der Waals surface area contributed by atoms with Gasteiger partial charge in [-0.1, -0.05) is 11.8 Å². The summed E-state index contributed by atoms with van der Waals surface area (Å²) < 4.78 is 0. The lowest BCUT2D eigenvalue weighted by Gasteiger charge is -2.33. The molecule has 5 nitrogen and oxygen atoms in total. The Morgan fingerprint density at radius 1 is 1.48 bits per heavy atom. The van der Waals surface area contributed by atoms with E-state index in [9.17, 15) is 9.59 Å². The van der Waals surface area contributed by atoms with Crippen molar-refractivity contribution in [3.8, 4) is 0 Å². The van der Waals surface area contributed by atoms with Crippen molar-refractivity contribution in [1.29, 1.82) is 0 Å². The van der Waals surface area contributed by atoms with E-state index in [0.29, 0.717) is 29.6 Å². The van der Waals surface area contributed by atoms with Crippen LogP contribution in [0.4, 0.5) is 0 Å². The Morgan fingerprint density at radius 3 is 2.86 bits per heavy atom. The van der Waals surface area contributed by atoms with Gasteiger partial charge in [0.05, 0.1) is 0 Å². The molecule has 1 N–H and O–H groups in total. The molecule has 0 bridgehead atoms. The lowest BCUT2D eigenvalue weighted by molar-refractivity contribution is -0.134. The highest BCUT2D eigenvalue weighted by Gasteiger charge is 2.23. The summed E-state index contributed by atoms with van der Waals surface area (Å²) in [5.74, 6) is 0.148. The van der Waals surface area contributed by atoms with Gasteiger partial charge >= 0.3 is 0 Å². The van der Waals surface area contributed by atoms with Crippen molar-refractivity contribution in [3.05, 3.63) is 21.6 Å². The molecular weight excluding hydrogens is 286 g/mol. The Kier molecular flexibility index (Phi) is 5.45. The number of amides is 1. The van der Waals surface area contributed by atoms with Crippen molar-refractivity contribution in [3.63, 3.8) is 0 Å². The lowest BCUT2D eigenvalue weighted by atomic mass is 10.0. The van der Waals surface area contributed by atoms with Crippen molar-refractivity contribution >= 4 is 17.7 Å². The van der Waals surface area contributed by atoms with Crippen molar-refractivity contribution in [2.75, 3.05) is 12.8 Å². The van der Waals surface area contributed by atoms with Gasteiger partial charge in [-0.05, 0) is 45.8 Å². The molecule has 0 saturated carbocycles. The number of aryl methyl sites for hydroxylation is 1. The second-order valence-electron chi connectivity index (χ2n) is 5.57. The number of nitrogens with one attached hydrogen (secondary N) is 1. The molecule has 1 aromatic heterocycles. The number of piperidine rings is 1. The number of carbonyl (C=O) groups excluding carboxylic acids is 1. The molecule has 1 unspecified atom stereocenters. The zero-order chi connectivity index (χ0) is 15.4. The standard InChI is InChI=1S/C15H23N3O2S/c1-10-6-4-5-9-18(10)13(19)8-7-12-11(2)16-15(21-3)17-14(12)20/h10H,4-9H2,1-3H3,(H,16,17,20). The number of hydrogen-bond acceptors (Lipinski definition) is 4. The maximum atomic E-state index is 12.3. The topological polar surface area (TPSA) is 66.1 Å². The third kappa shape index (κ3) is 3.87. The van der Waals surface area contributed by atoms with Gasteiger partial charge in [0, 0.05) is 30.3 Å². The highest BCUT2D eigenvalue weighted by atomic mass is 32.2. The summed E-state index contributed by atoms with van der Waals surface area (Å²) in [5.41, 5.74) is 1.24. The molecule has 0 aromatic carbocycles. The highest BCUT2D eigenvalue weighted by molar-refractivity contribution is 7.98. The molecule has 0 aliphatic carbocycles. The van der Waals surface area contributed by atoms with E-state index >= 15 is 0 Å². The summed E-state index contributed by atoms with van der Waals surface area (Å²) >= 11 is 1.41. The zero-order valence-corrected chi connectivity index (χ0v) is 13.8. The lowest BCUT2D eigenvalue weighted by Crippen LogP contribution is -2.42. The van der Waals surface area contributed by atoms with Crippen LogP contribution in [-0.4, -0.2) is 39.6 Å². The number of likely N-dealkylation sites (tertiary alicyclic amines) is 1. The molecule has 0 spiro atoms. The fraction of sp³-hybridized carbons (Fsp3) is 0.667. The molecule has 1 aliphatic rings. The van der Waals surface area contributed by atoms with Crippen LogP contribution in [0.3, 0.4) is 0 Å². The van der Waals surface area contributed by atoms with Gasteiger partial charge in [0.1, 0.15) is 0 Å². The summed E-state index contributed by atoms with van der Waals surface area (Å²) in [7, 11) is 0. The van der Waals surface area contributed by atoms with E-state index in [1.807, 2.05) is 18.1 Å². The van der Waals surface area contributed by atoms with Gasteiger partial charge in [0.25, 0.3) is 5.56 Å². The monoisotopic (exact) mass is 309 g/mol. The van der Waals surface area contributed by atoms with Crippen molar-refractivity contribution < 1.29 is 4.79 Å². The molecule has 6 heteroatoms. The number of thioether (sulfide) groups is 1. The SMILES string of the molecule is CSc1nc(C)c(CCC(=O)N2CCCCC2C)c(=O)[nH]1. The molecule has 1 saturated heterocycles. The Hall–Kier alpha value is -1.30. The maximum absolute atomic E-state index is 12.3. The number of rotatable bonds is 4. The minimum absolute atomic E-state index is 0.119. The molecule has 1 amide bonds. The molecular formula is C15H23N3O2S. The average Bonchev–Trinajstić information content (AvgIpc) is 2.46. The van der Waals surface area contributed by atoms with Gasteiger partial charge in [-0.15, -0.1) is 0 Å². The number of nitrogens with zero attached hydrogens (tertiary/aromatic N) is 2. The number of hydrogen-bond donors (Lipinski definition) is 1. The van der Waals surface area contributed by atoms with Crippen molar-refractivity contribution in [2.45, 2.75) is 57.1 Å². The Balaban J connectivity index is 2.03. The van der Waals surface area contributed by atoms with E-state index < -0.39 is 0 Å². The predicted octanol–water partition coefficient (Wildman–Crippen LogP) is 2.13. The summed E-state index contributed by atoms with van der Waals surface area (Å²) in [6.45, 7) is 4.78. The Labute approximate surface area is 129 Å². The van der Waals surface area contributed by atoms with Gasteiger partial charge in [0.15, 0.2) is 5.16 Å². The van der Waals surface area contributed by atoms with Crippen molar-refractivity contribution in [2.24, 2.45) is 0 Å². The molecule has 0 radical (unpaired) electrons. The van der Waals surface area contributed by atoms with Gasteiger partial charge in [0.2, 0.25) is 5.91 Å². The van der Waals surface area contributed by atoms with Gasteiger partial charge in [-0.2, -0.15) is 0 Å². The second-order valence-corrected chi connectivity index (χ2v) is 6.37. The van der Waals surface area contributed by atoms with Gasteiger partial charge in [-0.25, -0.2) is 4.98 Å². The molecule has 21 heavy (non-hydrogen) atoms. The van der Waals surface area contributed by atoms with E-state index in [1.165, 1.54) is 18.2 Å². The van der Waals surface area contributed by atoms with Gasteiger partial charge in [-0.3, -0.25) is 9.59 Å². The first kappa shape index (κ1) is 16.1. The number of carbonyl (C=O) groups is 1. The summed E-state index contributed by atoms with van der Waals surface area (Å²) in [6, 6.07) is 0.322. The van der Waals surface area contributed by atoms with Crippen LogP contribution in [-0.2, 0) is 11.2 Å². The number of aromatic nitrogens is 2. The Morgan fingerprint density at radius 2 is 2.24 bits per heavy atom. The molecule has 1 aliphatic heterocycles. The van der Waals surface area contributed by atoms with Crippen LogP contribution < -0.4 is 5.56 Å². The van der Waals surface area contributed by atoms with Crippen LogP contribution >= 0.6 is 11.8 Å². The number of aromatic amines is 1. The third-order valence-corrected chi connectivity index (χ3v) is 4.69. The quantitative estimate of drug-likeness (QED) is 0.683. The highest BCUT2D eigenvalue weighted by Crippen LogP contribution is 2.18. The van der Waals surface area contributed by atoms with E-state index in [4.69, 9.17) is 0 Å². The molecule has 116 valence electrons. The second kappa shape index (κ2) is 7.11. The van der Waals surface area contributed by atoms with Gasteiger partial charge < -0.3 is 9.88 Å². The fourth-order valence-electron chi connectivity index (χ4n) is 2.82. The molecule has 1 aromatic rings. The average molecular weight is 309 g/mol. The summed E-state index contributed by atoms with van der Waals surface area (Å²) in [4.78, 5) is 33.4. The van der Waals surface area contributed by atoms with E-state index in [2.05, 4.69) is 16.9 Å². The first-order chi connectivity index (χ1) is 10.0. The van der Waals surface area contributed by atoms with Crippen molar-refractivity contribution in [1.82, 2.24) is 14.9 Å². The summed E-state index contributed by atoms with van der Waals surface area (Å²) in [6.07, 6.45) is 6.08. The first-order valence-electron chi connectivity index (χ1n) is 7.46. The molecule has 1 fully saturated rings. The maximum Gasteiger partial charge on any atom is 0.254 e. The normalized spacial score (nSPS) is 18.8. The smallest absolute Gasteiger partial charge is 0.254 e. The van der Waals surface area contributed by atoms with Crippen LogP contribution in [0.25, 0.3) is 0 Å². The first-order valence-corrected chi connectivity index (χ1v) is 8.68. The van der Waals surface area contributed by atoms with Crippen LogP contribution in [0.5, 0.6) is 0 Å². The largest absolute Gasteiger partial charge is 0.340 e. The van der Waals surface area contributed by atoms with Crippen LogP contribution in [0.1, 0.15) is 43.9 Å². The fourth-order valence-corrected chi connectivity index (χ4v) is 3.24. The molecule has 2 rings (SSSR count). The van der Waals surface area contributed by atoms with Crippen LogP contribution in [0.2, 0.25) is 0 Å². The molecule has 2 heterocycles.